The number of amides is 1. The maximum atomic E-state index is 11.8. The van der Waals surface area contributed by atoms with Gasteiger partial charge in [0.1, 0.15) is 0 Å². The predicted molar refractivity (Wildman–Crippen MR) is 71.1 cm³/mol. The van der Waals surface area contributed by atoms with Crippen molar-refractivity contribution < 1.29 is 19.8 Å². The molecule has 5 heteroatoms. The number of carbonyl (C=O) groups excluding carboxylic acids is 1. The molecule has 0 heterocycles. The highest BCUT2D eigenvalue weighted by Gasteiger charge is 2.20. The Morgan fingerprint density at radius 2 is 1.74 bits per heavy atom. The SMILES string of the molecule is CC(C)(C)c1ccc(C(=O)N[C@H](CO)C(=O)O)cc1. The summed E-state index contributed by atoms with van der Waals surface area (Å²) in [6.07, 6.45) is 0. The minimum atomic E-state index is -1.28. The minimum absolute atomic E-state index is 0.0102. The number of carboxylic acid groups (broad SMARTS) is 1. The van der Waals surface area contributed by atoms with Crippen LogP contribution in [-0.2, 0) is 10.2 Å². The van der Waals surface area contributed by atoms with Crippen molar-refractivity contribution in [3.8, 4) is 0 Å². The molecular weight excluding hydrogens is 246 g/mol. The molecular formula is C14H19NO4. The van der Waals surface area contributed by atoms with E-state index < -0.39 is 24.5 Å². The van der Waals surface area contributed by atoms with E-state index in [1.807, 2.05) is 12.1 Å². The van der Waals surface area contributed by atoms with Crippen molar-refractivity contribution in [3.05, 3.63) is 35.4 Å². The van der Waals surface area contributed by atoms with Crippen molar-refractivity contribution in [2.24, 2.45) is 0 Å². The summed E-state index contributed by atoms with van der Waals surface area (Å²) in [7, 11) is 0. The zero-order valence-electron chi connectivity index (χ0n) is 11.3. The second-order valence-electron chi connectivity index (χ2n) is 5.37. The normalized spacial score (nSPS) is 12.8. The first-order valence-electron chi connectivity index (χ1n) is 6.01. The standard InChI is InChI=1S/C14H19NO4/c1-14(2,3)10-6-4-9(5-7-10)12(17)15-11(8-16)13(18)19/h4-7,11,16H,8H2,1-3H3,(H,15,17)(H,18,19)/t11-/m1/s1. The predicted octanol–water partition coefficient (Wildman–Crippen LogP) is 1.16. The molecule has 5 nitrogen and oxygen atoms in total. The lowest BCUT2D eigenvalue weighted by Gasteiger charge is -2.19. The average molecular weight is 265 g/mol. The first-order valence-corrected chi connectivity index (χ1v) is 6.01. The van der Waals surface area contributed by atoms with Crippen LogP contribution >= 0.6 is 0 Å². The van der Waals surface area contributed by atoms with E-state index in [1.165, 1.54) is 0 Å². The summed E-state index contributed by atoms with van der Waals surface area (Å²) < 4.78 is 0. The van der Waals surface area contributed by atoms with Gasteiger partial charge in [0.15, 0.2) is 6.04 Å². The number of nitrogens with one attached hydrogen (secondary N) is 1. The summed E-state index contributed by atoms with van der Waals surface area (Å²) in [5, 5.41) is 19.8. The number of aliphatic hydroxyl groups is 1. The molecule has 0 aromatic heterocycles. The van der Waals surface area contributed by atoms with Crippen LogP contribution in [0.5, 0.6) is 0 Å². The third-order valence-electron chi connectivity index (χ3n) is 2.80. The van der Waals surface area contributed by atoms with Crippen LogP contribution in [0.1, 0.15) is 36.7 Å². The van der Waals surface area contributed by atoms with Crippen LogP contribution in [0.25, 0.3) is 0 Å². The molecule has 0 aliphatic carbocycles. The van der Waals surface area contributed by atoms with Gasteiger partial charge in [0.2, 0.25) is 0 Å². The lowest BCUT2D eigenvalue weighted by Crippen LogP contribution is -2.43. The Bertz CT molecular complexity index is 459. The van der Waals surface area contributed by atoms with E-state index in [9.17, 15) is 9.59 Å². The van der Waals surface area contributed by atoms with Gasteiger partial charge in [-0.2, -0.15) is 0 Å². The van der Waals surface area contributed by atoms with Gasteiger partial charge in [-0.3, -0.25) is 4.79 Å². The molecule has 3 N–H and O–H groups in total. The van der Waals surface area contributed by atoms with Gasteiger partial charge in [0.05, 0.1) is 6.61 Å². The van der Waals surface area contributed by atoms with Crippen LogP contribution < -0.4 is 5.32 Å². The van der Waals surface area contributed by atoms with Crippen molar-refractivity contribution in [1.29, 1.82) is 0 Å². The number of hydrogen-bond acceptors (Lipinski definition) is 3. The van der Waals surface area contributed by atoms with Gasteiger partial charge < -0.3 is 15.5 Å². The monoisotopic (exact) mass is 265 g/mol. The van der Waals surface area contributed by atoms with Gasteiger partial charge in [-0.25, -0.2) is 4.79 Å². The second-order valence-corrected chi connectivity index (χ2v) is 5.37. The van der Waals surface area contributed by atoms with Gasteiger partial charge in [0.25, 0.3) is 5.91 Å². The largest absolute Gasteiger partial charge is 0.480 e. The molecule has 0 unspecified atom stereocenters. The molecule has 1 atom stereocenters. The summed E-state index contributed by atoms with van der Waals surface area (Å²) in [5.74, 6) is -1.77. The first kappa shape index (κ1) is 15.2. The van der Waals surface area contributed by atoms with Crippen LogP contribution in [0.15, 0.2) is 24.3 Å². The highest BCUT2D eigenvalue weighted by atomic mass is 16.4. The number of carboxylic acids is 1. The van der Waals surface area contributed by atoms with Gasteiger partial charge in [-0.15, -0.1) is 0 Å². The van der Waals surface area contributed by atoms with Crippen molar-refractivity contribution in [2.75, 3.05) is 6.61 Å². The van der Waals surface area contributed by atoms with Crippen LogP contribution in [0.4, 0.5) is 0 Å². The topological polar surface area (TPSA) is 86.6 Å². The van der Waals surface area contributed by atoms with Crippen molar-refractivity contribution in [2.45, 2.75) is 32.2 Å². The summed E-state index contributed by atoms with van der Waals surface area (Å²) in [4.78, 5) is 22.5. The quantitative estimate of drug-likeness (QED) is 0.762. The molecule has 104 valence electrons. The Morgan fingerprint density at radius 3 is 2.11 bits per heavy atom. The maximum absolute atomic E-state index is 11.8. The van der Waals surface area contributed by atoms with Crippen LogP contribution in [0.3, 0.4) is 0 Å². The maximum Gasteiger partial charge on any atom is 0.328 e. The number of carbonyl (C=O) groups is 2. The minimum Gasteiger partial charge on any atom is -0.480 e. The first-order chi connectivity index (χ1) is 8.75. The van der Waals surface area contributed by atoms with Gasteiger partial charge in [0, 0.05) is 5.56 Å². The Labute approximate surface area is 112 Å². The molecule has 0 radical (unpaired) electrons. The fraction of sp³-hybridized carbons (Fsp3) is 0.429. The molecule has 1 aromatic rings. The fourth-order valence-electron chi connectivity index (χ4n) is 1.55. The van der Waals surface area contributed by atoms with Gasteiger partial charge in [-0.1, -0.05) is 32.9 Å². The van der Waals surface area contributed by atoms with E-state index in [0.29, 0.717) is 5.56 Å². The lowest BCUT2D eigenvalue weighted by atomic mass is 9.86. The molecule has 0 fully saturated rings. The molecule has 0 saturated carbocycles. The number of aliphatic hydroxyl groups excluding tert-OH is 1. The Balaban J connectivity index is 2.81. The second kappa shape index (κ2) is 5.84. The average Bonchev–Trinajstić information content (AvgIpc) is 2.34. The Morgan fingerprint density at radius 1 is 1.21 bits per heavy atom. The number of benzene rings is 1. The lowest BCUT2D eigenvalue weighted by molar-refractivity contribution is -0.140. The molecule has 0 saturated heterocycles. The van der Waals surface area contributed by atoms with E-state index in [-0.39, 0.29) is 5.41 Å². The number of aliphatic carboxylic acids is 1. The Kier molecular flexibility index (Phi) is 4.67. The van der Waals surface area contributed by atoms with Crippen molar-refractivity contribution in [3.63, 3.8) is 0 Å². The van der Waals surface area contributed by atoms with E-state index in [1.54, 1.807) is 12.1 Å². The van der Waals surface area contributed by atoms with E-state index in [2.05, 4.69) is 26.1 Å². The molecule has 1 aromatic carbocycles. The summed E-state index contributed by atoms with van der Waals surface area (Å²) >= 11 is 0. The molecule has 0 spiro atoms. The summed E-state index contributed by atoms with van der Waals surface area (Å²) in [6, 6.07) is 5.68. The number of rotatable bonds is 4. The third kappa shape index (κ3) is 4.06. The summed E-state index contributed by atoms with van der Waals surface area (Å²) in [5.41, 5.74) is 1.44. The molecule has 0 aliphatic rings. The smallest absolute Gasteiger partial charge is 0.328 e. The van der Waals surface area contributed by atoms with E-state index in [4.69, 9.17) is 10.2 Å². The van der Waals surface area contributed by atoms with Crippen molar-refractivity contribution in [1.82, 2.24) is 5.32 Å². The highest BCUT2D eigenvalue weighted by Crippen LogP contribution is 2.22. The molecule has 0 aliphatic heterocycles. The van der Waals surface area contributed by atoms with Gasteiger partial charge in [-0.05, 0) is 23.1 Å². The molecule has 1 amide bonds. The van der Waals surface area contributed by atoms with Crippen LogP contribution in [0, 0.1) is 0 Å². The van der Waals surface area contributed by atoms with E-state index in [0.717, 1.165) is 5.56 Å². The highest BCUT2D eigenvalue weighted by molar-refractivity contribution is 5.96. The van der Waals surface area contributed by atoms with Gasteiger partial charge >= 0.3 is 5.97 Å². The molecule has 19 heavy (non-hydrogen) atoms. The number of hydrogen-bond donors (Lipinski definition) is 3. The Hall–Kier alpha value is -1.88. The third-order valence-corrected chi connectivity index (χ3v) is 2.80. The van der Waals surface area contributed by atoms with Crippen LogP contribution in [0.2, 0.25) is 0 Å². The zero-order chi connectivity index (χ0) is 14.6. The summed E-state index contributed by atoms with van der Waals surface area (Å²) in [6.45, 7) is 5.55. The van der Waals surface area contributed by atoms with Crippen molar-refractivity contribution >= 4 is 11.9 Å². The van der Waals surface area contributed by atoms with Crippen LogP contribution in [-0.4, -0.2) is 34.7 Å². The zero-order valence-corrected chi connectivity index (χ0v) is 11.3. The molecule has 1 rings (SSSR count). The fourth-order valence-corrected chi connectivity index (χ4v) is 1.55. The van der Waals surface area contributed by atoms with E-state index >= 15 is 0 Å². The molecule has 0 bridgehead atoms.